The van der Waals surface area contributed by atoms with E-state index in [0.29, 0.717) is 41.4 Å². The Kier molecular flexibility index (Phi) is 5.73. The topological polar surface area (TPSA) is 120 Å². The van der Waals surface area contributed by atoms with Crippen LogP contribution in [0.5, 0.6) is 0 Å². The van der Waals surface area contributed by atoms with Gasteiger partial charge in [0.25, 0.3) is 0 Å². The largest absolute Gasteiger partial charge is 0.416 e. The zero-order valence-corrected chi connectivity index (χ0v) is 18.2. The second-order valence-corrected chi connectivity index (χ2v) is 8.00. The number of fused-ring (bicyclic) bond motifs is 1. The van der Waals surface area contributed by atoms with E-state index in [-0.39, 0.29) is 11.7 Å². The molecule has 3 heterocycles. The summed E-state index contributed by atoms with van der Waals surface area (Å²) in [4.78, 5) is 20.8. The summed E-state index contributed by atoms with van der Waals surface area (Å²) >= 11 is 0. The van der Waals surface area contributed by atoms with Gasteiger partial charge in [-0.05, 0) is 36.8 Å². The lowest BCUT2D eigenvalue weighted by Crippen LogP contribution is -2.19. The van der Waals surface area contributed by atoms with Crippen LogP contribution in [0, 0.1) is 0 Å². The molecule has 1 atom stereocenters. The average Bonchev–Trinajstić information content (AvgIpc) is 3.48. The molecule has 2 aromatic carbocycles. The highest BCUT2D eigenvalue weighted by Gasteiger charge is 2.30. The number of anilines is 3. The molecule has 2 aromatic heterocycles. The lowest BCUT2D eigenvalue weighted by Gasteiger charge is -2.11. The summed E-state index contributed by atoms with van der Waals surface area (Å²) in [6.45, 7) is 1.18. The molecule has 1 aliphatic heterocycles. The highest BCUT2D eigenvalue weighted by Crippen LogP contribution is 2.34. The number of carbonyl (C=O) groups excluding carboxylic acids is 1. The molecule has 2 amide bonds. The fourth-order valence-electron chi connectivity index (χ4n) is 3.95. The van der Waals surface area contributed by atoms with E-state index in [1.54, 1.807) is 24.3 Å². The molecule has 0 spiro atoms. The fourth-order valence-corrected chi connectivity index (χ4v) is 3.95. The van der Waals surface area contributed by atoms with E-state index in [4.69, 9.17) is 15.6 Å². The number of nitrogens with zero attached hydrogens (tertiary/aromatic N) is 4. The first-order valence-corrected chi connectivity index (χ1v) is 10.7. The maximum absolute atomic E-state index is 12.9. The maximum Gasteiger partial charge on any atom is 0.416 e. The number of nitrogens with two attached hydrogens (primary N) is 1. The Hall–Kier alpha value is -4.19. The van der Waals surface area contributed by atoms with Gasteiger partial charge in [-0.2, -0.15) is 18.3 Å². The number of carbonyl (C=O) groups is 1. The van der Waals surface area contributed by atoms with Crippen LogP contribution >= 0.6 is 0 Å². The van der Waals surface area contributed by atoms with Crippen LogP contribution in [-0.2, 0) is 10.9 Å². The minimum absolute atomic E-state index is 0.0253. The predicted octanol–water partition coefficient (Wildman–Crippen LogP) is 4.70. The standard InChI is InChI=1S/C23H20F3N7O2/c24-23(25,26)14-2-1-3-16(10-14)31-22(34)30-15-6-4-13(5-7-15)19-18-20(27)28-12-29-21(18)33(32-19)17-8-9-35-11-17/h1-7,10,12,17H,8-9,11H2,(H2,27,28,29)(H2,30,31,34)/t17-/m1/s1. The van der Waals surface area contributed by atoms with Gasteiger partial charge in [-0.25, -0.2) is 19.4 Å². The second kappa shape index (κ2) is 8.87. The van der Waals surface area contributed by atoms with Crippen LogP contribution < -0.4 is 16.4 Å². The van der Waals surface area contributed by atoms with Gasteiger partial charge in [0, 0.05) is 23.5 Å². The number of benzene rings is 2. The molecule has 0 bridgehead atoms. The minimum atomic E-state index is -4.50. The Labute approximate surface area is 197 Å². The first-order valence-electron chi connectivity index (χ1n) is 10.7. The minimum Gasteiger partial charge on any atom is -0.383 e. The molecule has 4 N–H and O–H groups in total. The molecule has 5 rings (SSSR count). The number of urea groups is 1. The molecule has 0 saturated carbocycles. The van der Waals surface area contributed by atoms with Gasteiger partial charge < -0.3 is 21.1 Å². The van der Waals surface area contributed by atoms with E-state index in [0.717, 1.165) is 24.1 Å². The number of nitrogens with one attached hydrogen (secondary N) is 2. The smallest absolute Gasteiger partial charge is 0.383 e. The molecule has 180 valence electrons. The van der Waals surface area contributed by atoms with Crippen molar-refractivity contribution in [1.29, 1.82) is 0 Å². The molecule has 0 unspecified atom stereocenters. The quantitative estimate of drug-likeness (QED) is 0.387. The van der Waals surface area contributed by atoms with Crippen LogP contribution in [-0.4, -0.2) is 39.0 Å². The summed E-state index contributed by atoms with van der Waals surface area (Å²) < 4.78 is 46.0. The van der Waals surface area contributed by atoms with E-state index < -0.39 is 17.8 Å². The van der Waals surface area contributed by atoms with Crippen molar-refractivity contribution in [3.8, 4) is 11.3 Å². The molecular weight excluding hydrogens is 463 g/mol. The van der Waals surface area contributed by atoms with Gasteiger partial charge in [-0.1, -0.05) is 18.2 Å². The Balaban J connectivity index is 1.36. The average molecular weight is 483 g/mol. The number of hydrogen-bond acceptors (Lipinski definition) is 6. The van der Waals surface area contributed by atoms with E-state index >= 15 is 0 Å². The van der Waals surface area contributed by atoms with Crippen LogP contribution in [0.1, 0.15) is 18.0 Å². The van der Waals surface area contributed by atoms with Crippen molar-refractivity contribution in [1.82, 2.24) is 19.7 Å². The van der Waals surface area contributed by atoms with E-state index in [2.05, 4.69) is 20.6 Å². The third-order valence-electron chi connectivity index (χ3n) is 5.63. The van der Waals surface area contributed by atoms with Crippen molar-refractivity contribution in [2.24, 2.45) is 0 Å². The van der Waals surface area contributed by atoms with Gasteiger partial charge in [-0.15, -0.1) is 0 Å². The zero-order chi connectivity index (χ0) is 24.6. The third-order valence-corrected chi connectivity index (χ3v) is 5.63. The Morgan fingerprint density at radius 2 is 1.86 bits per heavy atom. The summed E-state index contributed by atoms with van der Waals surface area (Å²) in [7, 11) is 0. The van der Waals surface area contributed by atoms with Crippen LogP contribution in [0.2, 0.25) is 0 Å². The van der Waals surface area contributed by atoms with Crippen LogP contribution in [0.3, 0.4) is 0 Å². The van der Waals surface area contributed by atoms with Gasteiger partial charge in [-0.3, -0.25) is 0 Å². The molecule has 0 radical (unpaired) electrons. The lowest BCUT2D eigenvalue weighted by molar-refractivity contribution is -0.137. The normalized spacial score (nSPS) is 15.9. The summed E-state index contributed by atoms with van der Waals surface area (Å²) in [5.41, 5.74) is 7.71. The monoisotopic (exact) mass is 483 g/mol. The van der Waals surface area contributed by atoms with Crippen molar-refractivity contribution >= 4 is 34.3 Å². The van der Waals surface area contributed by atoms with Crippen molar-refractivity contribution in [3.63, 3.8) is 0 Å². The first-order chi connectivity index (χ1) is 16.8. The molecule has 35 heavy (non-hydrogen) atoms. The molecule has 9 nitrogen and oxygen atoms in total. The van der Waals surface area contributed by atoms with Crippen molar-refractivity contribution in [3.05, 3.63) is 60.4 Å². The fraction of sp³-hybridized carbons (Fsp3) is 0.217. The molecule has 0 aliphatic carbocycles. The Bertz CT molecular complexity index is 1380. The lowest BCUT2D eigenvalue weighted by atomic mass is 10.1. The summed E-state index contributed by atoms with van der Waals surface area (Å²) in [5, 5.41) is 10.4. The zero-order valence-electron chi connectivity index (χ0n) is 18.2. The van der Waals surface area contributed by atoms with Gasteiger partial charge in [0.05, 0.1) is 23.6 Å². The molecule has 1 saturated heterocycles. The molecule has 4 aromatic rings. The predicted molar refractivity (Wildman–Crippen MR) is 124 cm³/mol. The van der Waals surface area contributed by atoms with Crippen molar-refractivity contribution in [2.45, 2.75) is 18.6 Å². The van der Waals surface area contributed by atoms with Gasteiger partial charge in [0.2, 0.25) is 0 Å². The van der Waals surface area contributed by atoms with Crippen molar-refractivity contribution < 1.29 is 22.7 Å². The number of nitrogen functional groups attached to an aromatic ring is 1. The molecule has 12 heteroatoms. The van der Waals surface area contributed by atoms with Gasteiger partial charge >= 0.3 is 12.2 Å². The number of rotatable bonds is 4. The number of halogens is 3. The van der Waals surface area contributed by atoms with E-state index in [1.807, 2.05) is 4.68 Å². The summed E-state index contributed by atoms with van der Waals surface area (Å²) in [6, 6.07) is 10.6. The van der Waals surface area contributed by atoms with Crippen LogP contribution in [0.25, 0.3) is 22.3 Å². The SMILES string of the molecule is Nc1ncnc2c1c(-c1ccc(NC(=O)Nc3cccc(C(F)(F)F)c3)cc1)nn2[C@@H]1CCOC1. The third kappa shape index (κ3) is 4.60. The maximum atomic E-state index is 12.9. The molecular formula is C23H20F3N7O2. The van der Waals surface area contributed by atoms with Crippen LogP contribution in [0.15, 0.2) is 54.9 Å². The number of alkyl halides is 3. The Morgan fingerprint density at radius 1 is 1.09 bits per heavy atom. The molecule has 1 fully saturated rings. The molecule has 1 aliphatic rings. The van der Waals surface area contributed by atoms with Crippen LogP contribution in [0.4, 0.5) is 35.2 Å². The number of amides is 2. The first kappa shape index (κ1) is 22.6. The van der Waals surface area contributed by atoms with Crippen molar-refractivity contribution in [2.75, 3.05) is 29.6 Å². The summed E-state index contributed by atoms with van der Waals surface area (Å²) in [6.07, 6.45) is -2.30. The van der Waals surface area contributed by atoms with Gasteiger partial charge in [0.1, 0.15) is 17.8 Å². The van der Waals surface area contributed by atoms with E-state index in [9.17, 15) is 18.0 Å². The summed E-state index contributed by atoms with van der Waals surface area (Å²) in [5.74, 6) is 0.304. The number of hydrogen-bond donors (Lipinski definition) is 3. The number of ether oxygens (including phenoxy) is 1. The highest BCUT2D eigenvalue weighted by atomic mass is 19.4. The number of aromatic nitrogens is 4. The van der Waals surface area contributed by atoms with Gasteiger partial charge in [0.15, 0.2) is 5.65 Å². The highest BCUT2D eigenvalue weighted by molar-refractivity contribution is 6.01. The Morgan fingerprint density at radius 3 is 2.57 bits per heavy atom. The second-order valence-electron chi connectivity index (χ2n) is 8.00. The van der Waals surface area contributed by atoms with E-state index in [1.165, 1.54) is 18.5 Å².